The molecule has 0 radical (unpaired) electrons. The molecule has 2 aromatic rings. The standard InChI is InChI=1S/C22H25Cl2N3O3S/c23-16-6-9-20(24)19(13-16)15-4-7-18(8-5-15)31(29,30)27-11-2-1-3-21(27)22(28)26-12-10-17(25)14-26/h4-9,13,17,21H,1-3,10-12,14,25H2/t17-,21+/m1/s1. The Labute approximate surface area is 193 Å². The van der Waals surface area contributed by atoms with Gasteiger partial charge in [0.25, 0.3) is 0 Å². The van der Waals surface area contributed by atoms with Crippen LogP contribution in [0.3, 0.4) is 0 Å². The third kappa shape index (κ3) is 4.61. The SMILES string of the molecule is N[C@@H]1CCN(C(=O)[C@@H]2CCCCN2S(=O)(=O)c2ccc(-c3cc(Cl)ccc3Cl)cc2)C1. The van der Waals surface area contributed by atoms with Crippen molar-refractivity contribution in [2.45, 2.75) is 42.7 Å². The van der Waals surface area contributed by atoms with Crippen LogP contribution in [0.15, 0.2) is 47.4 Å². The number of sulfonamides is 1. The van der Waals surface area contributed by atoms with Crippen molar-refractivity contribution in [2.75, 3.05) is 19.6 Å². The molecule has 2 fully saturated rings. The monoisotopic (exact) mass is 481 g/mol. The van der Waals surface area contributed by atoms with Crippen molar-refractivity contribution >= 4 is 39.1 Å². The second-order valence-corrected chi connectivity index (χ2v) is 10.8. The summed E-state index contributed by atoms with van der Waals surface area (Å²) in [5.41, 5.74) is 7.44. The van der Waals surface area contributed by atoms with Crippen molar-refractivity contribution in [3.63, 3.8) is 0 Å². The van der Waals surface area contributed by atoms with Crippen molar-refractivity contribution in [1.82, 2.24) is 9.21 Å². The van der Waals surface area contributed by atoms with Gasteiger partial charge in [-0.15, -0.1) is 0 Å². The summed E-state index contributed by atoms with van der Waals surface area (Å²) in [6.45, 7) is 1.40. The molecule has 31 heavy (non-hydrogen) atoms. The van der Waals surface area contributed by atoms with E-state index in [9.17, 15) is 13.2 Å². The first kappa shape index (κ1) is 22.6. The maximum Gasteiger partial charge on any atom is 0.243 e. The molecule has 2 saturated heterocycles. The van der Waals surface area contributed by atoms with Crippen molar-refractivity contribution in [3.05, 3.63) is 52.5 Å². The summed E-state index contributed by atoms with van der Waals surface area (Å²) >= 11 is 12.3. The first-order chi connectivity index (χ1) is 14.8. The Bertz CT molecular complexity index is 1080. The van der Waals surface area contributed by atoms with Crippen LogP contribution in [-0.4, -0.2) is 55.2 Å². The van der Waals surface area contributed by atoms with Crippen LogP contribution >= 0.6 is 23.2 Å². The van der Waals surface area contributed by atoms with E-state index < -0.39 is 16.1 Å². The summed E-state index contributed by atoms with van der Waals surface area (Å²) in [5.74, 6) is -0.140. The summed E-state index contributed by atoms with van der Waals surface area (Å²) in [6.07, 6.45) is 2.84. The normalized spacial score (nSPS) is 22.6. The minimum Gasteiger partial charge on any atom is -0.340 e. The molecular formula is C22H25Cl2N3O3S. The van der Waals surface area contributed by atoms with Crippen molar-refractivity contribution in [3.8, 4) is 11.1 Å². The number of carbonyl (C=O) groups is 1. The van der Waals surface area contributed by atoms with Gasteiger partial charge < -0.3 is 10.6 Å². The second-order valence-electron chi connectivity index (χ2n) is 8.11. The predicted octanol–water partition coefficient (Wildman–Crippen LogP) is 3.76. The average molecular weight is 482 g/mol. The van der Waals surface area contributed by atoms with Gasteiger partial charge in [0.2, 0.25) is 15.9 Å². The summed E-state index contributed by atoms with van der Waals surface area (Å²) in [4.78, 5) is 14.9. The Kier molecular flexibility index (Phi) is 6.60. The van der Waals surface area contributed by atoms with E-state index in [-0.39, 0.29) is 16.8 Å². The third-order valence-electron chi connectivity index (χ3n) is 5.98. The highest BCUT2D eigenvalue weighted by atomic mass is 35.5. The molecule has 6 nitrogen and oxygen atoms in total. The highest BCUT2D eigenvalue weighted by molar-refractivity contribution is 7.89. The van der Waals surface area contributed by atoms with E-state index in [0.29, 0.717) is 36.1 Å². The lowest BCUT2D eigenvalue weighted by molar-refractivity contribution is -0.135. The number of carbonyl (C=O) groups excluding carboxylic acids is 1. The van der Waals surface area contributed by atoms with Crippen LogP contribution in [0.5, 0.6) is 0 Å². The van der Waals surface area contributed by atoms with Gasteiger partial charge in [-0.3, -0.25) is 4.79 Å². The number of likely N-dealkylation sites (tertiary alicyclic amines) is 1. The maximum atomic E-state index is 13.4. The third-order valence-corrected chi connectivity index (χ3v) is 8.46. The number of nitrogens with two attached hydrogens (primary N) is 1. The molecule has 9 heteroatoms. The molecule has 2 atom stereocenters. The lowest BCUT2D eigenvalue weighted by Gasteiger charge is -2.35. The molecule has 2 aliphatic rings. The Hall–Kier alpha value is -1.64. The molecule has 2 aromatic carbocycles. The van der Waals surface area contributed by atoms with Crippen molar-refractivity contribution in [2.24, 2.45) is 5.73 Å². The van der Waals surface area contributed by atoms with Crippen molar-refractivity contribution in [1.29, 1.82) is 0 Å². The van der Waals surface area contributed by atoms with Crippen LogP contribution in [0.2, 0.25) is 10.0 Å². The Balaban J connectivity index is 1.60. The van der Waals surface area contributed by atoms with Crippen LogP contribution < -0.4 is 5.73 Å². The lowest BCUT2D eigenvalue weighted by Crippen LogP contribution is -2.52. The summed E-state index contributed by atoms with van der Waals surface area (Å²) in [5, 5.41) is 1.08. The van der Waals surface area contributed by atoms with Gasteiger partial charge in [0, 0.05) is 41.3 Å². The van der Waals surface area contributed by atoms with Crippen LogP contribution in [0.4, 0.5) is 0 Å². The fourth-order valence-electron chi connectivity index (χ4n) is 4.30. The largest absolute Gasteiger partial charge is 0.340 e. The molecule has 0 bridgehead atoms. The van der Waals surface area contributed by atoms with Gasteiger partial charge in [-0.2, -0.15) is 4.31 Å². The van der Waals surface area contributed by atoms with E-state index in [1.807, 2.05) is 0 Å². The number of nitrogens with zero attached hydrogens (tertiary/aromatic N) is 2. The number of hydrogen-bond acceptors (Lipinski definition) is 4. The van der Waals surface area contributed by atoms with Crippen molar-refractivity contribution < 1.29 is 13.2 Å². The Morgan fingerprint density at radius 1 is 1.00 bits per heavy atom. The topological polar surface area (TPSA) is 83.7 Å². The molecule has 0 unspecified atom stereocenters. The first-order valence-corrected chi connectivity index (χ1v) is 12.6. The zero-order valence-electron chi connectivity index (χ0n) is 17.0. The predicted molar refractivity (Wildman–Crippen MR) is 123 cm³/mol. The van der Waals surface area contributed by atoms with E-state index in [1.54, 1.807) is 47.4 Å². The number of rotatable bonds is 4. The highest BCUT2D eigenvalue weighted by Crippen LogP contribution is 2.33. The summed E-state index contributed by atoms with van der Waals surface area (Å²) < 4.78 is 28.2. The lowest BCUT2D eigenvalue weighted by atomic mass is 10.0. The number of hydrogen-bond donors (Lipinski definition) is 1. The van der Waals surface area contributed by atoms with Crippen LogP contribution in [-0.2, 0) is 14.8 Å². The molecule has 0 aliphatic carbocycles. The minimum atomic E-state index is -3.82. The van der Waals surface area contributed by atoms with Gasteiger partial charge in [-0.25, -0.2) is 8.42 Å². The number of piperidine rings is 1. The van der Waals surface area contributed by atoms with Crippen LogP contribution in [0, 0.1) is 0 Å². The average Bonchev–Trinajstić information content (AvgIpc) is 3.21. The van der Waals surface area contributed by atoms with Crippen LogP contribution in [0.25, 0.3) is 11.1 Å². The molecule has 2 aliphatic heterocycles. The van der Waals surface area contributed by atoms with E-state index in [2.05, 4.69) is 0 Å². The van der Waals surface area contributed by atoms with Gasteiger partial charge >= 0.3 is 0 Å². The van der Waals surface area contributed by atoms with E-state index >= 15 is 0 Å². The fraction of sp³-hybridized carbons (Fsp3) is 0.409. The molecule has 2 heterocycles. The molecule has 4 rings (SSSR count). The number of benzene rings is 2. The smallest absolute Gasteiger partial charge is 0.243 e. The molecule has 0 saturated carbocycles. The molecule has 0 aromatic heterocycles. The van der Waals surface area contributed by atoms with Gasteiger partial charge in [0.05, 0.1) is 4.90 Å². The highest BCUT2D eigenvalue weighted by Gasteiger charge is 2.40. The van der Waals surface area contributed by atoms with Gasteiger partial charge in [-0.1, -0.05) is 41.8 Å². The fourth-order valence-corrected chi connectivity index (χ4v) is 6.35. The van der Waals surface area contributed by atoms with Gasteiger partial charge in [0.1, 0.15) is 6.04 Å². The summed E-state index contributed by atoms with van der Waals surface area (Å²) in [7, 11) is -3.82. The van der Waals surface area contributed by atoms with Gasteiger partial charge in [0.15, 0.2) is 0 Å². The quantitative estimate of drug-likeness (QED) is 0.720. The number of amides is 1. The zero-order chi connectivity index (χ0) is 22.2. The Morgan fingerprint density at radius 2 is 1.74 bits per heavy atom. The second kappa shape index (κ2) is 9.08. The zero-order valence-corrected chi connectivity index (χ0v) is 19.3. The molecule has 0 spiro atoms. The van der Waals surface area contributed by atoms with E-state index in [1.165, 1.54) is 4.31 Å². The van der Waals surface area contributed by atoms with Crippen LogP contribution in [0.1, 0.15) is 25.7 Å². The summed E-state index contributed by atoms with van der Waals surface area (Å²) in [6, 6.07) is 11.0. The first-order valence-electron chi connectivity index (χ1n) is 10.4. The number of halogens is 2. The molecule has 2 N–H and O–H groups in total. The maximum absolute atomic E-state index is 13.4. The van der Waals surface area contributed by atoms with E-state index in [4.69, 9.17) is 28.9 Å². The van der Waals surface area contributed by atoms with E-state index in [0.717, 1.165) is 30.4 Å². The molecular weight excluding hydrogens is 457 g/mol. The van der Waals surface area contributed by atoms with Gasteiger partial charge in [-0.05, 0) is 55.2 Å². The minimum absolute atomic E-state index is 0.0385. The molecule has 1 amide bonds. The molecule has 166 valence electrons. The Morgan fingerprint density at radius 3 is 2.42 bits per heavy atom.